The van der Waals surface area contributed by atoms with Crippen molar-refractivity contribution in [1.29, 1.82) is 0 Å². The number of imidazole rings is 1. The van der Waals surface area contributed by atoms with Gasteiger partial charge in [-0.3, -0.25) is 0 Å². The molecule has 0 aliphatic carbocycles. The molecule has 2 heterocycles. The Morgan fingerprint density at radius 1 is 1.13 bits per heavy atom. The molecular formula is C24H26Cl2N2O3. The van der Waals surface area contributed by atoms with Crippen LogP contribution in [0.3, 0.4) is 0 Å². The molecule has 0 N–H and O–H groups in total. The van der Waals surface area contributed by atoms with Crippen LogP contribution in [-0.2, 0) is 27.2 Å². The second-order valence-corrected chi connectivity index (χ2v) is 8.50. The molecule has 3 atom stereocenters. The first kappa shape index (κ1) is 22.3. The van der Waals surface area contributed by atoms with Crippen molar-refractivity contribution >= 4 is 23.2 Å². The largest absolute Gasteiger partial charge is 0.355 e. The Labute approximate surface area is 192 Å². The predicted molar refractivity (Wildman–Crippen MR) is 121 cm³/mol. The summed E-state index contributed by atoms with van der Waals surface area (Å²) in [4.78, 5) is 4.17. The van der Waals surface area contributed by atoms with E-state index in [9.17, 15) is 0 Å². The number of ether oxygens (including phenoxy) is 3. The fourth-order valence-corrected chi connectivity index (χ4v) is 4.12. The van der Waals surface area contributed by atoms with Crippen molar-refractivity contribution in [2.24, 2.45) is 0 Å². The first-order valence-corrected chi connectivity index (χ1v) is 11.3. The molecule has 7 heteroatoms. The third kappa shape index (κ3) is 6.55. The zero-order valence-corrected chi connectivity index (χ0v) is 18.7. The number of hydrogen-bond acceptors (Lipinski definition) is 4. The van der Waals surface area contributed by atoms with E-state index in [4.69, 9.17) is 37.4 Å². The molecule has 1 aliphatic rings. The van der Waals surface area contributed by atoms with Crippen LogP contribution >= 0.6 is 23.2 Å². The number of benzene rings is 2. The lowest BCUT2D eigenvalue weighted by molar-refractivity contribution is -0.215. The molecule has 5 nitrogen and oxygen atoms in total. The summed E-state index contributed by atoms with van der Waals surface area (Å²) in [6.45, 7) is 0.886. The van der Waals surface area contributed by atoms with Gasteiger partial charge in [0.05, 0.1) is 25.6 Å². The van der Waals surface area contributed by atoms with Crippen LogP contribution in [0.25, 0.3) is 0 Å². The van der Waals surface area contributed by atoms with E-state index in [1.54, 1.807) is 18.6 Å². The van der Waals surface area contributed by atoms with Gasteiger partial charge in [-0.1, -0.05) is 59.6 Å². The lowest BCUT2D eigenvalue weighted by Gasteiger charge is -2.31. The molecule has 1 aromatic heterocycles. The molecule has 0 radical (unpaired) electrons. The third-order valence-corrected chi connectivity index (χ3v) is 5.92. The van der Waals surface area contributed by atoms with E-state index in [0.29, 0.717) is 23.3 Å². The monoisotopic (exact) mass is 460 g/mol. The molecule has 164 valence electrons. The van der Waals surface area contributed by atoms with Crippen molar-refractivity contribution in [2.45, 2.75) is 50.9 Å². The summed E-state index contributed by atoms with van der Waals surface area (Å²) in [5.41, 5.74) is 2.11. The number of nitrogens with zero attached hydrogens (tertiary/aromatic N) is 2. The highest BCUT2D eigenvalue weighted by molar-refractivity contribution is 6.35. The fraction of sp³-hybridized carbons (Fsp3) is 0.375. The van der Waals surface area contributed by atoms with E-state index in [0.717, 1.165) is 31.2 Å². The van der Waals surface area contributed by atoms with Crippen LogP contribution in [0, 0.1) is 0 Å². The molecule has 0 saturated carbocycles. The van der Waals surface area contributed by atoms with Gasteiger partial charge in [-0.05, 0) is 42.5 Å². The molecule has 0 amide bonds. The highest BCUT2D eigenvalue weighted by atomic mass is 35.5. The fourth-order valence-electron chi connectivity index (χ4n) is 3.65. The first-order chi connectivity index (χ1) is 15.2. The van der Waals surface area contributed by atoms with Crippen LogP contribution in [0.4, 0.5) is 0 Å². The van der Waals surface area contributed by atoms with E-state index in [1.807, 2.05) is 41.1 Å². The quantitative estimate of drug-likeness (QED) is 0.389. The van der Waals surface area contributed by atoms with Gasteiger partial charge in [0.1, 0.15) is 6.23 Å². The number of hydrogen-bond donors (Lipinski definition) is 0. The minimum absolute atomic E-state index is 0.0127. The van der Waals surface area contributed by atoms with Crippen LogP contribution in [-0.4, -0.2) is 28.6 Å². The molecule has 0 spiro atoms. The van der Waals surface area contributed by atoms with E-state index in [2.05, 4.69) is 17.1 Å². The molecule has 1 saturated heterocycles. The molecular weight excluding hydrogens is 435 g/mol. The Morgan fingerprint density at radius 2 is 2.00 bits per heavy atom. The van der Waals surface area contributed by atoms with Gasteiger partial charge in [0.2, 0.25) is 0 Å². The van der Waals surface area contributed by atoms with E-state index in [1.165, 1.54) is 5.56 Å². The smallest absolute Gasteiger partial charge is 0.158 e. The Bertz CT molecular complexity index is 937. The Balaban J connectivity index is 1.30. The summed E-state index contributed by atoms with van der Waals surface area (Å²) in [7, 11) is 0. The molecule has 31 heavy (non-hydrogen) atoms. The Hall–Kier alpha value is -1.89. The van der Waals surface area contributed by atoms with Crippen molar-refractivity contribution in [2.75, 3.05) is 6.61 Å². The highest BCUT2D eigenvalue weighted by Gasteiger charge is 2.25. The van der Waals surface area contributed by atoms with Crippen LogP contribution in [0.1, 0.15) is 36.6 Å². The maximum absolute atomic E-state index is 6.28. The molecule has 1 aliphatic heterocycles. The van der Waals surface area contributed by atoms with Crippen molar-refractivity contribution in [3.8, 4) is 0 Å². The summed E-state index contributed by atoms with van der Waals surface area (Å²) in [6.07, 6.45) is 8.66. The third-order valence-electron chi connectivity index (χ3n) is 5.34. The number of aromatic nitrogens is 2. The average Bonchev–Trinajstić information content (AvgIpc) is 3.32. The van der Waals surface area contributed by atoms with Gasteiger partial charge in [-0.15, -0.1) is 0 Å². The molecule has 0 bridgehead atoms. The molecule has 3 aromatic rings. The lowest BCUT2D eigenvalue weighted by Crippen LogP contribution is -2.33. The number of halogens is 2. The van der Waals surface area contributed by atoms with Crippen molar-refractivity contribution in [3.05, 3.63) is 88.4 Å². The SMILES string of the molecule is Clc1ccc(COC2CCCC(COC(Cc3ccccc3)n3ccnc3)O2)c(Cl)c1. The van der Waals surface area contributed by atoms with E-state index < -0.39 is 0 Å². The van der Waals surface area contributed by atoms with Gasteiger partial charge >= 0.3 is 0 Å². The summed E-state index contributed by atoms with van der Waals surface area (Å²) >= 11 is 12.2. The highest BCUT2D eigenvalue weighted by Crippen LogP contribution is 2.26. The first-order valence-electron chi connectivity index (χ1n) is 10.5. The molecule has 2 aromatic carbocycles. The second kappa shape index (κ2) is 11.1. The van der Waals surface area contributed by atoms with Gasteiger partial charge in [-0.2, -0.15) is 0 Å². The standard InChI is InChI=1S/C24H26Cl2N2O3/c25-20-10-9-19(22(26)14-20)15-30-24-8-4-7-21(31-24)16-29-23(28-12-11-27-17-28)13-18-5-2-1-3-6-18/h1-3,5-6,9-12,14,17,21,23-24H,4,7-8,13,15-16H2. The van der Waals surface area contributed by atoms with Crippen molar-refractivity contribution in [3.63, 3.8) is 0 Å². The topological polar surface area (TPSA) is 45.5 Å². The van der Waals surface area contributed by atoms with Gasteiger partial charge in [0.25, 0.3) is 0 Å². The summed E-state index contributed by atoms with van der Waals surface area (Å²) in [5.74, 6) is 0. The minimum atomic E-state index is -0.269. The zero-order chi connectivity index (χ0) is 21.5. The zero-order valence-electron chi connectivity index (χ0n) is 17.2. The molecule has 3 unspecified atom stereocenters. The average molecular weight is 461 g/mol. The summed E-state index contributed by atoms with van der Waals surface area (Å²) in [5, 5.41) is 1.22. The van der Waals surface area contributed by atoms with Crippen LogP contribution in [0.15, 0.2) is 67.3 Å². The second-order valence-electron chi connectivity index (χ2n) is 7.65. The van der Waals surface area contributed by atoms with Gasteiger partial charge < -0.3 is 18.8 Å². The van der Waals surface area contributed by atoms with Crippen LogP contribution in [0.2, 0.25) is 10.0 Å². The van der Waals surface area contributed by atoms with E-state index in [-0.39, 0.29) is 18.6 Å². The maximum Gasteiger partial charge on any atom is 0.158 e. The van der Waals surface area contributed by atoms with Gasteiger partial charge in [0, 0.05) is 28.9 Å². The van der Waals surface area contributed by atoms with Crippen LogP contribution < -0.4 is 0 Å². The van der Waals surface area contributed by atoms with Gasteiger partial charge in [-0.25, -0.2) is 4.98 Å². The molecule has 4 rings (SSSR count). The van der Waals surface area contributed by atoms with Crippen LogP contribution in [0.5, 0.6) is 0 Å². The Morgan fingerprint density at radius 3 is 2.77 bits per heavy atom. The lowest BCUT2D eigenvalue weighted by atomic mass is 10.1. The van der Waals surface area contributed by atoms with E-state index >= 15 is 0 Å². The molecule has 1 fully saturated rings. The maximum atomic E-state index is 6.28. The van der Waals surface area contributed by atoms with Crippen molar-refractivity contribution < 1.29 is 14.2 Å². The Kier molecular flexibility index (Phi) is 8.00. The number of rotatable bonds is 9. The summed E-state index contributed by atoms with van der Waals surface area (Å²) in [6, 6.07) is 15.7. The predicted octanol–water partition coefficient (Wildman–Crippen LogP) is 6.06. The minimum Gasteiger partial charge on any atom is -0.355 e. The van der Waals surface area contributed by atoms with Crippen molar-refractivity contribution in [1.82, 2.24) is 9.55 Å². The normalized spacial score (nSPS) is 19.9. The summed E-state index contributed by atoms with van der Waals surface area (Å²) < 4.78 is 20.4. The van der Waals surface area contributed by atoms with Gasteiger partial charge in [0.15, 0.2) is 6.29 Å².